The first-order valence-corrected chi connectivity index (χ1v) is 6.16. The molecule has 0 spiro atoms. The van der Waals surface area contributed by atoms with E-state index in [9.17, 15) is 19.7 Å². The van der Waals surface area contributed by atoms with Crippen molar-refractivity contribution in [2.75, 3.05) is 33.2 Å². The zero-order valence-corrected chi connectivity index (χ0v) is 11.1. The molecule has 0 aliphatic carbocycles. The summed E-state index contributed by atoms with van der Waals surface area (Å²) in [6.45, 7) is 2.64. The average Bonchev–Trinajstić information content (AvgIpc) is 2.88. The highest BCUT2D eigenvalue weighted by atomic mass is 16.6. The second-order valence-corrected chi connectivity index (χ2v) is 4.61. The van der Waals surface area contributed by atoms with E-state index in [1.165, 1.54) is 6.20 Å². The largest absolute Gasteiger partial charge is 0.441 e. The van der Waals surface area contributed by atoms with Gasteiger partial charge < -0.3 is 19.9 Å². The molecular weight excluding hydrogens is 266 g/mol. The van der Waals surface area contributed by atoms with E-state index in [-0.39, 0.29) is 12.3 Å². The molecule has 20 heavy (non-hydrogen) atoms. The van der Waals surface area contributed by atoms with Crippen molar-refractivity contribution < 1.29 is 14.5 Å². The predicted octanol–water partition coefficient (Wildman–Crippen LogP) is -0.404. The highest BCUT2D eigenvalue weighted by Crippen LogP contribution is 2.10. The first kappa shape index (κ1) is 14.1. The molecule has 1 amide bonds. The molecule has 1 saturated heterocycles. The number of imidazole rings is 1. The lowest BCUT2D eigenvalue weighted by molar-refractivity contribution is -0.395. The van der Waals surface area contributed by atoms with Gasteiger partial charge in [-0.1, -0.05) is 4.98 Å². The van der Waals surface area contributed by atoms with Crippen LogP contribution in [0.2, 0.25) is 0 Å². The van der Waals surface area contributed by atoms with Gasteiger partial charge in [-0.25, -0.2) is 0 Å². The number of carbonyl (C=O) groups excluding carboxylic acids is 2. The van der Waals surface area contributed by atoms with Gasteiger partial charge in [0.05, 0.1) is 0 Å². The molecule has 0 aromatic carbocycles. The van der Waals surface area contributed by atoms with Crippen LogP contribution < -0.4 is 0 Å². The molecule has 0 bridgehead atoms. The summed E-state index contributed by atoms with van der Waals surface area (Å²) in [5.41, 5.74) is 0. The Morgan fingerprint density at radius 1 is 1.30 bits per heavy atom. The van der Waals surface area contributed by atoms with Crippen molar-refractivity contribution in [3.05, 3.63) is 22.5 Å². The molecule has 0 N–H and O–H groups in total. The normalized spacial score (nSPS) is 16.1. The summed E-state index contributed by atoms with van der Waals surface area (Å²) in [6.07, 6.45) is 1.97. The smallest absolute Gasteiger partial charge is 0.390 e. The molecule has 1 aromatic heterocycles. The monoisotopic (exact) mass is 281 g/mol. The minimum atomic E-state index is -0.752. The van der Waals surface area contributed by atoms with Gasteiger partial charge in [-0.3, -0.25) is 9.59 Å². The number of rotatable bonds is 3. The standard InChI is InChI=1S/C11H15N5O4/c1-13-4-6-14(7-5-13)9(17)8-10(18)15-3-2-12-11(15)16(19)20/h2-3H,4-8H2,1H3. The summed E-state index contributed by atoms with van der Waals surface area (Å²) in [7, 11) is 1.96. The van der Waals surface area contributed by atoms with Gasteiger partial charge in [0.15, 0.2) is 0 Å². The molecule has 0 radical (unpaired) electrons. The van der Waals surface area contributed by atoms with E-state index in [4.69, 9.17) is 0 Å². The number of hydrogen-bond donors (Lipinski definition) is 0. The van der Waals surface area contributed by atoms with Crippen molar-refractivity contribution in [1.82, 2.24) is 19.4 Å². The number of likely N-dealkylation sites (N-methyl/N-ethyl adjacent to an activating group) is 1. The average molecular weight is 281 g/mol. The predicted molar refractivity (Wildman–Crippen MR) is 68.2 cm³/mol. The summed E-state index contributed by atoms with van der Waals surface area (Å²) >= 11 is 0. The lowest BCUT2D eigenvalue weighted by Gasteiger charge is -2.32. The van der Waals surface area contributed by atoms with Gasteiger partial charge in [0.25, 0.3) is 5.91 Å². The number of piperazine rings is 1. The van der Waals surface area contributed by atoms with E-state index >= 15 is 0 Å². The Kier molecular flexibility index (Phi) is 4.08. The molecule has 108 valence electrons. The van der Waals surface area contributed by atoms with Gasteiger partial charge in [-0.15, -0.1) is 0 Å². The van der Waals surface area contributed by atoms with Crippen LogP contribution in [0.3, 0.4) is 0 Å². The molecule has 0 saturated carbocycles. The van der Waals surface area contributed by atoms with Crippen LogP contribution in [0.4, 0.5) is 5.95 Å². The number of carbonyl (C=O) groups is 2. The van der Waals surface area contributed by atoms with E-state index in [0.29, 0.717) is 13.1 Å². The van der Waals surface area contributed by atoms with Crippen molar-refractivity contribution in [2.24, 2.45) is 0 Å². The molecule has 9 nitrogen and oxygen atoms in total. The van der Waals surface area contributed by atoms with Crippen molar-refractivity contribution in [3.63, 3.8) is 0 Å². The SMILES string of the molecule is CN1CCN(C(=O)CC(=O)n2ccnc2[N+](=O)[O-])CC1. The van der Waals surface area contributed by atoms with Crippen molar-refractivity contribution in [1.29, 1.82) is 0 Å². The Bertz CT molecular complexity index is 533. The van der Waals surface area contributed by atoms with Gasteiger partial charge in [0, 0.05) is 26.2 Å². The zero-order chi connectivity index (χ0) is 14.7. The highest BCUT2D eigenvalue weighted by Gasteiger charge is 2.26. The third-order valence-electron chi connectivity index (χ3n) is 3.21. The minimum absolute atomic E-state index is 0.314. The molecule has 0 unspecified atom stereocenters. The Labute approximate surface area is 114 Å². The third kappa shape index (κ3) is 2.99. The summed E-state index contributed by atoms with van der Waals surface area (Å²) in [5, 5.41) is 10.7. The molecule has 1 aromatic rings. The minimum Gasteiger partial charge on any atom is -0.390 e. The van der Waals surface area contributed by atoms with Crippen LogP contribution >= 0.6 is 0 Å². The molecule has 0 atom stereocenters. The van der Waals surface area contributed by atoms with Gasteiger partial charge >= 0.3 is 5.95 Å². The molecule has 2 heterocycles. The zero-order valence-electron chi connectivity index (χ0n) is 11.1. The Hall–Kier alpha value is -2.29. The van der Waals surface area contributed by atoms with E-state index in [0.717, 1.165) is 23.9 Å². The maximum atomic E-state index is 12.0. The van der Waals surface area contributed by atoms with E-state index in [1.54, 1.807) is 4.90 Å². The molecule has 1 fully saturated rings. The van der Waals surface area contributed by atoms with E-state index in [1.807, 2.05) is 7.05 Å². The second kappa shape index (κ2) is 5.78. The topological polar surface area (TPSA) is 102 Å². The summed E-state index contributed by atoms with van der Waals surface area (Å²) in [6, 6.07) is 0. The van der Waals surface area contributed by atoms with Crippen LogP contribution in [-0.4, -0.2) is 69.3 Å². The van der Waals surface area contributed by atoms with Crippen LogP contribution in [-0.2, 0) is 4.79 Å². The van der Waals surface area contributed by atoms with Crippen LogP contribution in [0, 0.1) is 10.1 Å². The number of hydrogen-bond acceptors (Lipinski definition) is 6. The fourth-order valence-electron chi connectivity index (χ4n) is 2.01. The van der Waals surface area contributed by atoms with Crippen LogP contribution in [0.25, 0.3) is 0 Å². The fourth-order valence-corrected chi connectivity index (χ4v) is 2.01. The van der Waals surface area contributed by atoms with E-state index in [2.05, 4.69) is 9.88 Å². The van der Waals surface area contributed by atoms with Crippen LogP contribution in [0.1, 0.15) is 11.2 Å². The van der Waals surface area contributed by atoms with Gasteiger partial charge in [-0.2, -0.15) is 4.57 Å². The molecule has 2 rings (SSSR count). The lowest BCUT2D eigenvalue weighted by Crippen LogP contribution is -2.47. The molecular formula is C11H15N5O4. The summed E-state index contributed by atoms with van der Waals surface area (Å²) in [4.78, 5) is 41.0. The lowest BCUT2D eigenvalue weighted by atomic mass is 10.3. The van der Waals surface area contributed by atoms with Crippen molar-refractivity contribution in [2.45, 2.75) is 6.42 Å². The summed E-state index contributed by atoms with van der Waals surface area (Å²) < 4.78 is 0.800. The maximum absolute atomic E-state index is 12.0. The first-order valence-electron chi connectivity index (χ1n) is 6.16. The molecule has 1 aliphatic rings. The Balaban J connectivity index is 1.99. The van der Waals surface area contributed by atoms with E-state index < -0.39 is 16.8 Å². The van der Waals surface area contributed by atoms with Crippen molar-refractivity contribution in [3.8, 4) is 0 Å². The third-order valence-corrected chi connectivity index (χ3v) is 3.21. The molecule has 1 aliphatic heterocycles. The van der Waals surface area contributed by atoms with Crippen molar-refractivity contribution >= 4 is 17.8 Å². The maximum Gasteiger partial charge on any atom is 0.441 e. The first-order chi connectivity index (χ1) is 9.49. The number of aromatic nitrogens is 2. The van der Waals surface area contributed by atoms with Crippen LogP contribution in [0.5, 0.6) is 0 Å². The fraction of sp³-hybridized carbons (Fsp3) is 0.545. The van der Waals surface area contributed by atoms with Gasteiger partial charge in [-0.05, 0) is 12.0 Å². The Morgan fingerprint density at radius 2 is 1.95 bits per heavy atom. The quantitative estimate of drug-likeness (QED) is 0.424. The highest BCUT2D eigenvalue weighted by molar-refractivity contribution is 5.98. The number of amides is 1. The van der Waals surface area contributed by atoms with Gasteiger partial charge in [0.1, 0.15) is 18.8 Å². The van der Waals surface area contributed by atoms with Crippen LogP contribution in [0.15, 0.2) is 12.4 Å². The number of nitro groups is 1. The Morgan fingerprint density at radius 3 is 2.55 bits per heavy atom. The second-order valence-electron chi connectivity index (χ2n) is 4.61. The van der Waals surface area contributed by atoms with Gasteiger partial charge in [0.2, 0.25) is 5.91 Å². The molecule has 9 heteroatoms. The number of nitrogens with zero attached hydrogens (tertiary/aromatic N) is 5. The summed E-state index contributed by atoms with van der Waals surface area (Å²) in [5.74, 6) is -1.52.